The van der Waals surface area contributed by atoms with Gasteiger partial charge in [-0.1, -0.05) is 30.3 Å². The SMILES string of the molecule is Cc1nc2ccc(N3CC(CC(F)C(=O)OCc4ccccc4)C3)cn2n1. The number of rotatable bonds is 6. The van der Waals surface area contributed by atoms with E-state index < -0.39 is 12.1 Å². The predicted octanol–water partition coefficient (Wildman–Crippen LogP) is 2.95. The van der Waals surface area contributed by atoms with E-state index in [-0.39, 0.29) is 18.9 Å². The summed E-state index contributed by atoms with van der Waals surface area (Å²) in [5, 5.41) is 4.31. The molecule has 2 aromatic heterocycles. The Labute approximate surface area is 156 Å². The minimum Gasteiger partial charge on any atom is -0.459 e. The van der Waals surface area contributed by atoms with Gasteiger partial charge in [0, 0.05) is 13.1 Å². The van der Waals surface area contributed by atoms with Crippen LogP contribution in [-0.4, -0.2) is 39.8 Å². The number of halogens is 1. The number of hydrogen-bond donors (Lipinski definition) is 0. The van der Waals surface area contributed by atoms with Crippen molar-refractivity contribution in [2.75, 3.05) is 18.0 Å². The molecule has 0 saturated carbocycles. The first kappa shape index (κ1) is 17.5. The van der Waals surface area contributed by atoms with E-state index in [0.29, 0.717) is 13.1 Å². The molecule has 0 radical (unpaired) electrons. The number of nitrogens with zero attached hydrogens (tertiary/aromatic N) is 4. The maximum atomic E-state index is 14.2. The van der Waals surface area contributed by atoms with Gasteiger partial charge in [0.25, 0.3) is 0 Å². The number of aryl methyl sites for hydroxylation is 1. The van der Waals surface area contributed by atoms with Gasteiger partial charge in [-0.05, 0) is 37.0 Å². The normalized spacial score (nSPS) is 15.6. The summed E-state index contributed by atoms with van der Waals surface area (Å²) in [5.41, 5.74) is 2.68. The molecule has 6 nitrogen and oxygen atoms in total. The average molecular weight is 368 g/mol. The average Bonchev–Trinajstić information content (AvgIpc) is 3.02. The largest absolute Gasteiger partial charge is 0.459 e. The van der Waals surface area contributed by atoms with Crippen molar-refractivity contribution >= 4 is 17.3 Å². The van der Waals surface area contributed by atoms with Gasteiger partial charge in [0.15, 0.2) is 11.8 Å². The molecule has 7 heteroatoms. The van der Waals surface area contributed by atoms with Gasteiger partial charge in [-0.15, -0.1) is 0 Å². The molecular formula is C20H21FN4O2. The number of alkyl halides is 1. The third-order valence-electron chi connectivity index (χ3n) is 4.76. The molecule has 0 bridgehead atoms. The third kappa shape index (κ3) is 3.92. The molecule has 1 aliphatic rings. The van der Waals surface area contributed by atoms with E-state index >= 15 is 0 Å². The minimum absolute atomic E-state index is 0.105. The number of esters is 1. The van der Waals surface area contributed by atoms with Crippen LogP contribution in [0.3, 0.4) is 0 Å². The number of pyridine rings is 1. The van der Waals surface area contributed by atoms with E-state index in [9.17, 15) is 9.18 Å². The van der Waals surface area contributed by atoms with E-state index in [1.165, 1.54) is 0 Å². The maximum Gasteiger partial charge on any atom is 0.341 e. The smallest absolute Gasteiger partial charge is 0.341 e. The van der Waals surface area contributed by atoms with Gasteiger partial charge in [-0.3, -0.25) is 0 Å². The Balaban J connectivity index is 1.25. The van der Waals surface area contributed by atoms with E-state index in [1.807, 2.05) is 55.6 Å². The highest BCUT2D eigenvalue weighted by atomic mass is 19.1. The second-order valence-corrected chi connectivity index (χ2v) is 6.92. The van der Waals surface area contributed by atoms with Gasteiger partial charge in [-0.25, -0.2) is 18.7 Å². The van der Waals surface area contributed by atoms with Crippen LogP contribution in [0.1, 0.15) is 17.8 Å². The number of anilines is 1. The van der Waals surface area contributed by atoms with Crippen LogP contribution in [0.15, 0.2) is 48.7 Å². The topological polar surface area (TPSA) is 59.7 Å². The molecule has 27 heavy (non-hydrogen) atoms. The number of hydrogen-bond acceptors (Lipinski definition) is 5. The zero-order valence-corrected chi connectivity index (χ0v) is 15.1. The monoisotopic (exact) mass is 368 g/mol. The van der Waals surface area contributed by atoms with Crippen molar-refractivity contribution in [2.45, 2.75) is 26.1 Å². The minimum atomic E-state index is -1.58. The van der Waals surface area contributed by atoms with Crippen molar-refractivity contribution < 1.29 is 13.9 Å². The number of aromatic nitrogens is 3. The Morgan fingerprint density at radius 2 is 2.04 bits per heavy atom. The summed E-state index contributed by atoms with van der Waals surface area (Å²) in [7, 11) is 0. The summed E-state index contributed by atoms with van der Waals surface area (Å²) in [5.74, 6) is 0.0807. The molecule has 1 unspecified atom stereocenters. The molecule has 140 valence electrons. The van der Waals surface area contributed by atoms with E-state index in [4.69, 9.17) is 4.74 Å². The fourth-order valence-corrected chi connectivity index (χ4v) is 3.31. The van der Waals surface area contributed by atoms with Gasteiger partial charge in [0.1, 0.15) is 12.4 Å². The second-order valence-electron chi connectivity index (χ2n) is 6.92. The Bertz CT molecular complexity index is 938. The predicted molar refractivity (Wildman–Crippen MR) is 99.2 cm³/mol. The van der Waals surface area contributed by atoms with Gasteiger partial charge in [0.05, 0.1) is 11.9 Å². The molecule has 0 amide bonds. The van der Waals surface area contributed by atoms with Crippen LogP contribution in [0, 0.1) is 12.8 Å². The summed E-state index contributed by atoms with van der Waals surface area (Å²) < 4.78 is 21.0. The first-order valence-electron chi connectivity index (χ1n) is 9.01. The lowest BCUT2D eigenvalue weighted by Crippen LogP contribution is -2.48. The molecule has 0 aliphatic carbocycles. The number of fused-ring (bicyclic) bond motifs is 1. The van der Waals surface area contributed by atoms with Crippen LogP contribution in [0.4, 0.5) is 10.1 Å². The summed E-state index contributed by atoms with van der Waals surface area (Å²) in [4.78, 5) is 18.3. The van der Waals surface area contributed by atoms with Gasteiger partial charge >= 0.3 is 5.97 Å². The van der Waals surface area contributed by atoms with Gasteiger partial charge in [-0.2, -0.15) is 5.10 Å². The van der Waals surface area contributed by atoms with Crippen molar-refractivity contribution in [3.63, 3.8) is 0 Å². The molecule has 1 aliphatic heterocycles. The van der Waals surface area contributed by atoms with Crippen molar-refractivity contribution in [1.82, 2.24) is 14.6 Å². The quantitative estimate of drug-likeness (QED) is 0.626. The zero-order valence-electron chi connectivity index (χ0n) is 15.1. The number of ether oxygens (including phenoxy) is 1. The Hall–Kier alpha value is -2.96. The first-order valence-corrected chi connectivity index (χ1v) is 9.01. The van der Waals surface area contributed by atoms with Crippen molar-refractivity contribution in [2.24, 2.45) is 5.92 Å². The number of carbonyl (C=O) groups is 1. The first-order chi connectivity index (χ1) is 13.1. The lowest BCUT2D eigenvalue weighted by Gasteiger charge is -2.41. The molecule has 0 spiro atoms. The molecule has 0 N–H and O–H groups in total. The lowest BCUT2D eigenvalue weighted by atomic mass is 9.93. The molecule has 4 rings (SSSR count). The van der Waals surface area contributed by atoms with Gasteiger partial charge in [0.2, 0.25) is 0 Å². The zero-order chi connectivity index (χ0) is 18.8. The third-order valence-corrected chi connectivity index (χ3v) is 4.76. The Morgan fingerprint density at radius 3 is 2.81 bits per heavy atom. The van der Waals surface area contributed by atoms with E-state index in [0.717, 1.165) is 22.7 Å². The fraction of sp³-hybridized carbons (Fsp3) is 0.350. The summed E-state index contributed by atoms with van der Waals surface area (Å²) in [6.45, 7) is 3.38. The molecule has 1 aromatic carbocycles. The molecular weight excluding hydrogens is 347 g/mol. The van der Waals surface area contributed by atoms with Crippen LogP contribution in [-0.2, 0) is 16.1 Å². The summed E-state index contributed by atoms with van der Waals surface area (Å²) >= 11 is 0. The van der Waals surface area contributed by atoms with Crippen LogP contribution >= 0.6 is 0 Å². The standard InChI is InChI=1S/C20H21FN4O2/c1-14-22-19-8-7-17(12-25(19)23-14)24-10-16(11-24)9-18(21)20(26)27-13-15-5-3-2-4-6-15/h2-8,12,16,18H,9-11,13H2,1H3. The van der Waals surface area contributed by atoms with Crippen LogP contribution < -0.4 is 4.90 Å². The molecule has 1 atom stereocenters. The lowest BCUT2D eigenvalue weighted by molar-refractivity contribution is -0.151. The Kier molecular flexibility index (Phi) is 4.75. The van der Waals surface area contributed by atoms with Crippen molar-refractivity contribution in [3.8, 4) is 0 Å². The van der Waals surface area contributed by atoms with Crippen LogP contribution in [0.5, 0.6) is 0 Å². The second kappa shape index (κ2) is 7.34. The number of carbonyl (C=O) groups excluding carboxylic acids is 1. The Morgan fingerprint density at radius 1 is 1.26 bits per heavy atom. The highest BCUT2D eigenvalue weighted by Crippen LogP contribution is 2.28. The molecule has 1 fully saturated rings. The number of benzene rings is 1. The summed E-state index contributed by atoms with van der Waals surface area (Å²) in [6, 6.07) is 13.2. The molecule has 3 aromatic rings. The highest BCUT2D eigenvalue weighted by Gasteiger charge is 2.32. The summed E-state index contributed by atoms with van der Waals surface area (Å²) in [6.07, 6.45) is 0.530. The maximum absolute atomic E-state index is 14.2. The molecule has 1 saturated heterocycles. The van der Waals surface area contributed by atoms with Crippen LogP contribution in [0.2, 0.25) is 0 Å². The van der Waals surface area contributed by atoms with E-state index in [2.05, 4.69) is 15.0 Å². The fourth-order valence-electron chi connectivity index (χ4n) is 3.31. The molecule has 3 heterocycles. The van der Waals surface area contributed by atoms with Crippen molar-refractivity contribution in [3.05, 3.63) is 60.0 Å². The van der Waals surface area contributed by atoms with Gasteiger partial charge < -0.3 is 9.64 Å². The van der Waals surface area contributed by atoms with E-state index in [1.54, 1.807) is 4.52 Å². The van der Waals surface area contributed by atoms with Crippen LogP contribution in [0.25, 0.3) is 5.65 Å². The van der Waals surface area contributed by atoms with Crippen molar-refractivity contribution in [1.29, 1.82) is 0 Å². The highest BCUT2D eigenvalue weighted by molar-refractivity contribution is 5.74.